The van der Waals surface area contributed by atoms with Crippen molar-refractivity contribution in [2.24, 2.45) is 5.92 Å². The van der Waals surface area contributed by atoms with Crippen LogP contribution in [0.25, 0.3) is 11.1 Å². The van der Waals surface area contributed by atoms with E-state index in [1.54, 1.807) is 0 Å². The second-order valence-corrected chi connectivity index (χ2v) is 7.84. The molecule has 132 valence electrons. The predicted octanol–water partition coefficient (Wildman–Crippen LogP) is 5.83. The van der Waals surface area contributed by atoms with E-state index in [-0.39, 0.29) is 11.4 Å². The standard InChI is InChI=1S/C23H29NO/c1-18(2)17-23(15-7-4-8-16-23)24-22(25)21-13-11-20(12-14-21)19-9-5-3-6-10-19/h3,5-6,9-14,18H,4,7-8,15-17H2,1-2H3,(H,24,25). The van der Waals surface area contributed by atoms with Crippen LogP contribution in [0.5, 0.6) is 0 Å². The molecule has 0 spiro atoms. The Balaban J connectivity index is 1.73. The van der Waals surface area contributed by atoms with Crippen LogP contribution in [-0.4, -0.2) is 11.4 Å². The summed E-state index contributed by atoms with van der Waals surface area (Å²) in [5.74, 6) is 0.668. The highest BCUT2D eigenvalue weighted by molar-refractivity contribution is 5.95. The molecule has 0 radical (unpaired) electrons. The van der Waals surface area contributed by atoms with Crippen molar-refractivity contribution in [3.63, 3.8) is 0 Å². The lowest BCUT2D eigenvalue weighted by molar-refractivity contribution is 0.0846. The van der Waals surface area contributed by atoms with Gasteiger partial charge in [-0.3, -0.25) is 4.79 Å². The van der Waals surface area contributed by atoms with Crippen LogP contribution in [0, 0.1) is 5.92 Å². The summed E-state index contributed by atoms with van der Waals surface area (Å²) in [6.07, 6.45) is 7.03. The Morgan fingerprint density at radius 2 is 1.52 bits per heavy atom. The molecule has 2 nitrogen and oxygen atoms in total. The average Bonchev–Trinajstić information content (AvgIpc) is 2.62. The van der Waals surface area contributed by atoms with Gasteiger partial charge >= 0.3 is 0 Å². The van der Waals surface area contributed by atoms with Crippen molar-refractivity contribution < 1.29 is 4.79 Å². The maximum absolute atomic E-state index is 12.8. The second kappa shape index (κ2) is 7.86. The van der Waals surface area contributed by atoms with E-state index in [2.05, 4.69) is 31.3 Å². The molecule has 1 amide bonds. The number of carbonyl (C=O) groups excluding carboxylic acids is 1. The van der Waals surface area contributed by atoms with Gasteiger partial charge in [-0.1, -0.05) is 75.6 Å². The van der Waals surface area contributed by atoms with Gasteiger partial charge in [0.25, 0.3) is 5.91 Å². The normalized spacial score (nSPS) is 16.6. The summed E-state index contributed by atoms with van der Waals surface area (Å²) in [5, 5.41) is 3.40. The average molecular weight is 335 g/mol. The highest BCUT2D eigenvalue weighted by Crippen LogP contribution is 2.34. The van der Waals surface area contributed by atoms with Gasteiger partial charge < -0.3 is 5.32 Å². The topological polar surface area (TPSA) is 29.1 Å². The fourth-order valence-corrected chi connectivity index (χ4v) is 4.15. The van der Waals surface area contributed by atoms with Crippen LogP contribution in [0.1, 0.15) is 62.7 Å². The van der Waals surface area contributed by atoms with E-state index in [9.17, 15) is 4.79 Å². The Hall–Kier alpha value is -2.09. The Morgan fingerprint density at radius 3 is 2.12 bits per heavy atom. The SMILES string of the molecule is CC(C)CC1(NC(=O)c2ccc(-c3ccccc3)cc2)CCCCC1. The molecule has 0 unspecified atom stereocenters. The number of hydrogen-bond acceptors (Lipinski definition) is 1. The molecule has 1 fully saturated rings. The minimum Gasteiger partial charge on any atom is -0.347 e. The first-order valence-corrected chi connectivity index (χ1v) is 9.56. The fraction of sp³-hybridized carbons (Fsp3) is 0.435. The third-order valence-electron chi connectivity index (χ3n) is 5.24. The summed E-state index contributed by atoms with van der Waals surface area (Å²) >= 11 is 0. The highest BCUT2D eigenvalue weighted by Gasteiger charge is 2.34. The molecule has 2 heteroatoms. The van der Waals surface area contributed by atoms with E-state index in [4.69, 9.17) is 0 Å². The number of rotatable bonds is 5. The summed E-state index contributed by atoms with van der Waals surface area (Å²) in [7, 11) is 0. The van der Waals surface area contributed by atoms with E-state index in [1.165, 1.54) is 24.8 Å². The minimum atomic E-state index is -0.0123. The predicted molar refractivity (Wildman–Crippen MR) is 105 cm³/mol. The van der Waals surface area contributed by atoms with Gasteiger partial charge in [-0.05, 0) is 48.4 Å². The number of carbonyl (C=O) groups is 1. The number of hydrogen-bond donors (Lipinski definition) is 1. The van der Waals surface area contributed by atoms with E-state index >= 15 is 0 Å². The van der Waals surface area contributed by atoms with Gasteiger partial charge in [-0.15, -0.1) is 0 Å². The third-order valence-corrected chi connectivity index (χ3v) is 5.24. The zero-order valence-electron chi connectivity index (χ0n) is 15.4. The molecule has 0 heterocycles. The molecule has 1 aliphatic carbocycles. The molecule has 0 saturated heterocycles. The lowest BCUT2D eigenvalue weighted by atomic mass is 9.76. The van der Waals surface area contributed by atoms with Gasteiger partial charge in [0.1, 0.15) is 0 Å². The smallest absolute Gasteiger partial charge is 0.251 e. The molecule has 1 saturated carbocycles. The number of benzene rings is 2. The number of amides is 1. The van der Waals surface area contributed by atoms with Crippen LogP contribution < -0.4 is 5.32 Å². The molecule has 2 aromatic carbocycles. The summed E-state index contributed by atoms with van der Waals surface area (Å²) in [6, 6.07) is 18.3. The van der Waals surface area contributed by atoms with Gasteiger partial charge in [0.15, 0.2) is 0 Å². The number of nitrogens with one attached hydrogen (secondary N) is 1. The summed E-state index contributed by atoms with van der Waals surface area (Å²) in [5.41, 5.74) is 3.07. The Kier molecular flexibility index (Phi) is 5.57. The van der Waals surface area contributed by atoms with Crippen molar-refractivity contribution in [2.45, 2.75) is 57.9 Å². The quantitative estimate of drug-likeness (QED) is 0.731. The molecular formula is C23H29NO. The van der Waals surface area contributed by atoms with E-state index in [0.29, 0.717) is 5.92 Å². The van der Waals surface area contributed by atoms with Gasteiger partial charge in [-0.2, -0.15) is 0 Å². The summed E-state index contributed by atoms with van der Waals surface area (Å²) < 4.78 is 0. The fourth-order valence-electron chi connectivity index (χ4n) is 4.15. The Bertz CT molecular complexity index is 682. The zero-order valence-corrected chi connectivity index (χ0v) is 15.4. The van der Waals surface area contributed by atoms with Crippen LogP contribution in [0.15, 0.2) is 54.6 Å². The third kappa shape index (κ3) is 4.50. The zero-order chi connectivity index (χ0) is 17.7. The summed E-state index contributed by atoms with van der Waals surface area (Å²) in [4.78, 5) is 12.8. The minimum absolute atomic E-state index is 0.0123. The van der Waals surface area contributed by atoms with Crippen molar-refractivity contribution in [3.8, 4) is 11.1 Å². The largest absolute Gasteiger partial charge is 0.347 e. The molecule has 1 N–H and O–H groups in total. The molecule has 0 aliphatic heterocycles. The first-order chi connectivity index (χ1) is 12.1. The van der Waals surface area contributed by atoms with E-state index in [0.717, 1.165) is 30.4 Å². The van der Waals surface area contributed by atoms with Crippen LogP contribution >= 0.6 is 0 Å². The maximum Gasteiger partial charge on any atom is 0.251 e. The van der Waals surface area contributed by atoms with E-state index in [1.807, 2.05) is 42.5 Å². The van der Waals surface area contributed by atoms with Crippen molar-refractivity contribution in [2.75, 3.05) is 0 Å². The Labute approximate surface area is 151 Å². The van der Waals surface area contributed by atoms with Gasteiger partial charge in [0.05, 0.1) is 0 Å². The molecule has 3 rings (SSSR count). The van der Waals surface area contributed by atoms with Crippen molar-refractivity contribution in [3.05, 3.63) is 60.2 Å². The monoisotopic (exact) mass is 335 g/mol. The summed E-state index contributed by atoms with van der Waals surface area (Å²) in [6.45, 7) is 4.49. The molecule has 25 heavy (non-hydrogen) atoms. The van der Waals surface area contributed by atoms with Crippen LogP contribution in [-0.2, 0) is 0 Å². The lowest BCUT2D eigenvalue weighted by Gasteiger charge is -2.39. The van der Waals surface area contributed by atoms with Gasteiger partial charge in [0, 0.05) is 11.1 Å². The van der Waals surface area contributed by atoms with Crippen molar-refractivity contribution >= 4 is 5.91 Å². The van der Waals surface area contributed by atoms with Crippen LogP contribution in [0.4, 0.5) is 0 Å². The van der Waals surface area contributed by atoms with Crippen LogP contribution in [0.2, 0.25) is 0 Å². The Morgan fingerprint density at radius 1 is 0.920 bits per heavy atom. The van der Waals surface area contributed by atoms with E-state index < -0.39 is 0 Å². The van der Waals surface area contributed by atoms with Crippen LogP contribution in [0.3, 0.4) is 0 Å². The van der Waals surface area contributed by atoms with Crippen molar-refractivity contribution in [1.82, 2.24) is 5.32 Å². The van der Waals surface area contributed by atoms with Gasteiger partial charge in [-0.25, -0.2) is 0 Å². The van der Waals surface area contributed by atoms with Crippen molar-refractivity contribution in [1.29, 1.82) is 0 Å². The molecule has 1 aliphatic rings. The molecule has 2 aromatic rings. The first-order valence-electron chi connectivity index (χ1n) is 9.56. The molecule has 0 atom stereocenters. The molecule has 0 aromatic heterocycles. The first kappa shape index (κ1) is 17.7. The van der Waals surface area contributed by atoms with Gasteiger partial charge in [0.2, 0.25) is 0 Å². The highest BCUT2D eigenvalue weighted by atomic mass is 16.1. The second-order valence-electron chi connectivity index (χ2n) is 7.84. The maximum atomic E-state index is 12.8. The molecular weight excluding hydrogens is 306 g/mol. The molecule has 0 bridgehead atoms. The lowest BCUT2D eigenvalue weighted by Crippen LogP contribution is -2.50.